The first-order chi connectivity index (χ1) is 15.3. The monoisotopic (exact) mass is 469 g/mol. The molecular weight excluding hydrogens is 433 g/mol. The number of piperazine rings is 1. The van der Waals surface area contributed by atoms with Gasteiger partial charge in [0.1, 0.15) is 0 Å². The van der Waals surface area contributed by atoms with E-state index < -0.39 is 13.6 Å². The Morgan fingerprint density at radius 3 is 2.09 bits per heavy atom. The summed E-state index contributed by atoms with van der Waals surface area (Å²) in [5.41, 5.74) is 7.03. The number of rotatable bonds is 11. The predicted molar refractivity (Wildman–Crippen MR) is 123 cm³/mol. The molecule has 1 heterocycles. The second-order valence-electron chi connectivity index (χ2n) is 7.59. The number of nitrogens with zero attached hydrogens (tertiary/aromatic N) is 2. The van der Waals surface area contributed by atoms with Gasteiger partial charge in [-0.15, -0.1) is 0 Å². The summed E-state index contributed by atoms with van der Waals surface area (Å²) in [6.45, 7) is 8.27. The number of hydrogen-bond acceptors (Lipinski definition) is 7. The second kappa shape index (κ2) is 12.9. The molecule has 1 aliphatic heterocycles. The molecule has 1 aromatic carbocycles. The lowest BCUT2D eigenvalue weighted by Gasteiger charge is -2.35. The van der Waals surface area contributed by atoms with Gasteiger partial charge < -0.3 is 29.3 Å². The van der Waals surface area contributed by atoms with Crippen LogP contribution in [0.5, 0.6) is 0 Å². The minimum absolute atomic E-state index is 0.151. The van der Waals surface area contributed by atoms with E-state index in [4.69, 9.17) is 19.5 Å². The molecule has 0 radical (unpaired) electrons. The molecule has 0 spiro atoms. The van der Waals surface area contributed by atoms with Gasteiger partial charge in [0.05, 0.1) is 31.2 Å². The van der Waals surface area contributed by atoms with Crippen molar-refractivity contribution >= 4 is 24.9 Å². The number of carbonyl (C=O) groups is 2. The molecule has 9 nitrogen and oxygen atoms in total. The third-order valence-electron chi connectivity index (χ3n) is 5.20. The number of carbonyl (C=O) groups excluding carboxylic acids is 2. The highest BCUT2D eigenvalue weighted by Gasteiger charge is 2.29. The Hall–Kier alpha value is -1.93. The average molecular weight is 470 g/mol. The van der Waals surface area contributed by atoms with E-state index >= 15 is 0 Å². The second-order valence-corrected chi connectivity index (χ2v) is 9.62. The van der Waals surface area contributed by atoms with E-state index in [1.165, 1.54) is 0 Å². The van der Waals surface area contributed by atoms with E-state index in [1.807, 2.05) is 6.92 Å². The van der Waals surface area contributed by atoms with E-state index in [9.17, 15) is 14.2 Å². The van der Waals surface area contributed by atoms with Gasteiger partial charge in [-0.25, -0.2) is 4.79 Å². The molecule has 10 heteroatoms. The van der Waals surface area contributed by atoms with Crippen molar-refractivity contribution in [2.75, 3.05) is 46.0 Å². The molecule has 2 amide bonds. The number of nitrogens with two attached hydrogens (primary N) is 1. The van der Waals surface area contributed by atoms with Crippen LogP contribution >= 0.6 is 7.60 Å². The highest BCUT2D eigenvalue weighted by molar-refractivity contribution is 7.62. The van der Waals surface area contributed by atoms with Crippen LogP contribution in [0.3, 0.4) is 0 Å². The molecular formula is C22H36N3O6P. The van der Waals surface area contributed by atoms with Crippen LogP contribution in [-0.2, 0) is 29.6 Å². The summed E-state index contributed by atoms with van der Waals surface area (Å²) in [5, 5.41) is 0.479. The molecule has 0 unspecified atom stereocenters. The van der Waals surface area contributed by atoms with Crippen molar-refractivity contribution in [1.82, 2.24) is 9.80 Å². The zero-order valence-corrected chi connectivity index (χ0v) is 20.2. The standard InChI is InChI=1S/C22H36N3O6P/c1-4-7-16-29-22(27)25-14-12-24(13-15-25)21(26)20(23)17-18-8-10-19(11-9-18)32(28,30-5-2)31-6-3/h8-11,20H,4-7,12-17,23H2,1-3H3/t20-/m0/s1. The summed E-state index contributed by atoms with van der Waals surface area (Å²) < 4.78 is 28.8. The number of hydrogen-bond donors (Lipinski definition) is 1. The largest absolute Gasteiger partial charge is 0.449 e. The fourth-order valence-corrected chi connectivity index (χ4v) is 4.99. The van der Waals surface area contributed by atoms with Crippen molar-refractivity contribution in [3.63, 3.8) is 0 Å². The van der Waals surface area contributed by atoms with Gasteiger partial charge in [0.2, 0.25) is 5.91 Å². The van der Waals surface area contributed by atoms with Crippen molar-refractivity contribution in [2.45, 2.75) is 46.1 Å². The zero-order valence-electron chi connectivity index (χ0n) is 19.3. The average Bonchev–Trinajstić information content (AvgIpc) is 2.79. The summed E-state index contributed by atoms with van der Waals surface area (Å²) in [6.07, 6.45) is 1.83. The molecule has 32 heavy (non-hydrogen) atoms. The van der Waals surface area contributed by atoms with Crippen LogP contribution in [0.2, 0.25) is 0 Å². The summed E-state index contributed by atoms with van der Waals surface area (Å²) in [6, 6.07) is 6.27. The van der Waals surface area contributed by atoms with Gasteiger partial charge in [-0.3, -0.25) is 9.36 Å². The lowest BCUT2D eigenvalue weighted by molar-refractivity contribution is -0.134. The number of unbranched alkanes of at least 4 members (excludes halogenated alkanes) is 1. The maximum absolute atomic E-state index is 12.8. The number of ether oxygens (including phenoxy) is 1. The number of amides is 2. The Kier molecular flexibility index (Phi) is 10.6. The Morgan fingerprint density at radius 2 is 1.56 bits per heavy atom. The van der Waals surface area contributed by atoms with Crippen LogP contribution in [0.1, 0.15) is 39.2 Å². The quantitative estimate of drug-likeness (QED) is 0.392. The van der Waals surface area contributed by atoms with Gasteiger partial charge in [0, 0.05) is 26.2 Å². The van der Waals surface area contributed by atoms with Gasteiger partial charge in [-0.2, -0.15) is 0 Å². The molecule has 0 saturated carbocycles. The van der Waals surface area contributed by atoms with Gasteiger partial charge in [0.25, 0.3) is 0 Å². The van der Waals surface area contributed by atoms with Crippen LogP contribution in [0, 0.1) is 0 Å². The highest BCUT2D eigenvalue weighted by atomic mass is 31.2. The van der Waals surface area contributed by atoms with E-state index in [0.29, 0.717) is 44.5 Å². The van der Waals surface area contributed by atoms with Crippen LogP contribution in [0.25, 0.3) is 0 Å². The summed E-state index contributed by atoms with van der Waals surface area (Å²) in [5.74, 6) is -0.151. The molecule has 0 aliphatic carbocycles. The maximum atomic E-state index is 12.8. The molecule has 1 aliphatic rings. The Bertz CT molecular complexity index is 770. The lowest BCUT2D eigenvalue weighted by Crippen LogP contribution is -2.54. The van der Waals surface area contributed by atoms with Crippen molar-refractivity contribution < 1.29 is 27.9 Å². The molecule has 2 N–H and O–H groups in total. The molecule has 1 atom stereocenters. The van der Waals surface area contributed by atoms with Crippen molar-refractivity contribution in [3.8, 4) is 0 Å². The SMILES string of the molecule is CCCCOC(=O)N1CCN(C(=O)[C@@H](N)Cc2ccc(P(=O)(OCC)OCC)cc2)CC1. The van der Waals surface area contributed by atoms with Crippen LogP contribution in [-0.4, -0.2) is 73.8 Å². The molecule has 180 valence electrons. The van der Waals surface area contributed by atoms with Gasteiger partial charge in [-0.05, 0) is 44.4 Å². The molecule has 0 aromatic heterocycles. The van der Waals surface area contributed by atoms with E-state index in [0.717, 1.165) is 18.4 Å². The third-order valence-corrected chi connectivity index (χ3v) is 7.32. The van der Waals surface area contributed by atoms with Crippen LogP contribution in [0.15, 0.2) is 24.3 Å². The van der Waals surface area contributed by atoms with Gasteiger partial charge in [0.15, 0.2) is 0 Å². The maximum Gasteiger partial charge on any atom is 0.409 e. The van der Waals surface area contributed by atoms with Crippen molar-refractivity contribution in [2.24, 2.45) is 5.73 Å². The first-order valence-electron chi connectivity index (χ1n) is 11.3. The Balaban J connectivity index is 1.87. The summed E-state index contributed by atoms with van der Waals surface area (Å²) in [7, 11) is -3.34. The first-order valence-corrected chi connectivity index (χ1v) is 12.8. The van der Waals surface area contributed by atoms with Gasteiger partial charge >= 0.3 is 13.7 Å². The number of benzene rings is 1. The Labute approximate surface area is 190 Å². The lowest BCUT2D eigenvalue weighted by atomic mass is 10.1. The highest BCUT2D eigenvalue weighted by Crippen LogP contribution is 2.46. The fraction of sp³-hybridized carbons (Fsp3) is 0.636. The van der Waals surface area contributed by atoms with E-state index in [-0.39, 0.29) is 25.2 Å². The smallest absolute Gasteiger partial charge is 0.409 e. The molecule has 1 aromatic rings. The summed E-state index contributed by atoms with van der Waals surface area (Å²) >= 11 is 0. The molecule has 1 saturated heterocycles. The molecule has 1 fully saturated rings. The topological polar surface area (TPSA) is 111 Å². The minimum Gasteiger partial charge on any atom is -0.449 e. The van der Waals surface area contributed by atoms with Crippen LogP contribution < -0.4 is 11.0 Å². The van der Waals surface area contributed by atoms with Crippen LogP contribution in [0.4, 0.5) is 4.79 Å². The third kappa shape index (κ3) is 7.30. The van der Waals surface area contributed by atoms with Crippen molar-refractivity contribution in [3.05, 3.63) is 29.8 Å². The van der Waals surface area contributed by atoms with E-state index in [1.54, 1.807) is 47.9 Å². The summed E-state index contributed by atoms with van der Waals surface area (Å²) in [4.78, 5) is 28.1. The zero-order chi connectivity index (χ0) is 23.6. The first kappa shape index (κ1) is 26.3. The fourth-order valence-electron chi connectivity index (χ4n) is 3.42. The molecule has 2 rings (SSSR count). The van der Waals surface area contributed by atoms with E-state index in [2.05, 4.69) is 0 Å². The van der Waals surface area contributed by atoms with Crippen molar-refractivity contribution in [1.29, 1.82) is 0 Å². The minimum atomic E-state index is -3.34. The van der Waals surface area contributed by atoms with Gasteiger partial charge in [-0.1, -0.05) is 25.5 Å². The predicted octanol–water partition coefficient (Wildman–Crippen LogP) is 2.53. The normalized spacial score (nSPS) is 15.5. The Morgan fingerprint density at radius 1 is 1.00 bits per heavy atom. The molecule has 0 bridgehead atoms.